The molecule has 0 bridgehead atoms. The molecule has 0 radical (unpaired) electrons. The standard InChI is InChI=1S/C6H8F8N8O4/c7-3(8)1(15,16)4(9,10)20(22(25)26)6(13,14)2(17,18)5(11,12)19(3)21(23)24/h15-18H2. The summed E-state index contributed by atoms with van der Waals surface area (Å²) < 4.78 is 112. The molecule has 0 aromatic heterocycles. The molecule has 0 aliphatic carbocycles. The second kappa shape index (κ2) is 5.11. The van der Waals surface area contributed by atoms with Gasteiger partial charge in [-0.15, -0.1) is 0 Å². The third-order valence-corrected chi connectivity index (χ3v) is 3.38. The molecule has 1 saturated heterocycles. The number of hydrogen-bond acceptors (Lipinski definition) is 8. The molecule has 12 nitrogen and oxygen atoms in total. The van der Waals surface area contributed by atoms with Crippen LogP contribution in [0.2, 0.25) is 0 Å². The van der Waals surface area contributed by atoms with E-state index in [1.807, 2.05) is 0 Å². The fourth-order valence-electron chi connectivity index (χ4n) is 1.83. The Labute approximate surface area is 135 Å². The van der Waals surface area contributed by atoms with Gasteiger partial charge in [-0.05, 0) is 0 Å². The van der Waals surface area contributed by atoms with Crippen molar-refractivity contribution in [3.05, 3.63) is 20.2 Å². The van der Waals surface area contributed by atoms with Gasteiger partial charge in [0.25, 0.3) is 0 Å². The second-order valence-electron chi connectivity index (χ2n) is 5.00. The van der Waals surface area contributed by atoms with Crippen LogP contribution in [-0.4, -0.2) is 55.6 Å². The average Bonchev–Trinajstić information content (AvgIpc) is 2.33. The minimum absolute atomic E-state index is 2.81. The largest absolute Gasteiger partial charge is 0.419 e. The van der Waals surface area contributed by atoms with Crippen molar-refractivity contribution < 1.29 is 45.2 Å². The Balaban J connectivity index is 4.11. The predicted octanol–water partition coefficient (Wildman–Crippen LogP) is -1.41. The normalized spacial score (nSPS) is 28.0. The highest BCUT2D eigenvalue weighted by Crippen LogP contribution is 2.53. The van der Waals surface area contributed by atoms with Crippen LogP contribution in [0.1, 0.15) is 0 Å². The maximum atomic E-state index is 14.0. The van der Waals surface area contributed by atoms with E-state index in [0.717, 1.165) is 0 Å². The van der Waals surface area contributed by atoms with E-state index in [1.54, 1.807) is 0 Å². The second-order valence-corrected chi connectivity index (χ2v) is 5.00. The van der Waals surface area contributed by atoms with E-state index in [-0.39, 0.29) is 0 Å². The fraction of sp³-hybridized carbons (Fsp3) is 1.00. The van der Waals surface area contributed by atoms with Gasteiger partial charge in [-0.1, -0.05) is 0 Å². The van der Waals surface area contributed by atoms with E-state index in [0.29, 0.717) is 0 Å². The summed E-state index contributed by atoms with van der Waals surface area (Å²) in [6.07, 6.45) is 0. The molecule has 0 unspecified atom stereocenters. The lowest BCUT2D eigenvalue weighted by molar-refractivity contribution is -0.778. The van der Waals surface area contributed by atoms with Crippen LogP contribution in [0.15, 0.2) is 0 Å². The molecule has 20 heteroatoms. The number of nitro groups is 2. The fourth-order valence-corrected chi connectivity index (χ4v) is 1.83. The molecule has 0 aromatic rings. The first-order valence-electron chi connectivity index (χ1n) is 5.69. The topological polar surface area (TPSA) is 197 Å². The number of nitrogens with two attached hydrogens (primary N) is 4. The van der Waals surface area contributed by atoms with Gasteiger partial charge in [-0.2, -0.15) is 35.1 Å². The van der Waals surface area contributed by atoms with Gasteiger partial charge in [-0.3, -0.25) is 22.9 Å². The first kappa shape index (κ1) is 21.7. The van der Waals surface area contributed by atoms with E-state index >= 15 is 0 Å². The molecule has 0 atom stereocenters. The number of hydrazine groups is 2. The van der Waals surface area contributed by atoms with E-state index in [9.17, 15) is 55.4 Å². The molecule has 152 valence electrons. The van der Waals surface area contributed by atoms with Crippen LogP contribution >= 0.6 is 0 Å². The van der Waals surface area contributed by atoms with Gasteiger partial charge in [0.2, 0.25) is 11.3 Å². The molecule has 8 N–H and O–H groups in total. The first-order valence-corrected chi connectivity index (χ1v) is 5.69. The lowest BCUT2D eigenvalue weighted by Gasteiger charge is -2.50. The van der Waals surface area contributed by atoms with E-state index in [4.69, 9.17) is 0 Å². The molecule has 0 spiro atoms. The van der Waals surface area contributed by atoms with E-state index in [2.05, 4.69) is 22.9 Å². The van der Waals surface area contributed by atoms with Crippen molar-refractivity contribution in [1.29, 1.82) is 0 Å². The zero-order valence-electron chi connectivity index (χ0n) is 11.8. The summed E-state index contributed by atoms with van der Waals surface area (Å²) >= 11 is 0. The van der Waals surface area contributed by atoms with Crippen molar-refractivity contribution in [2.45, 2.75) is 35.5 Å². The summed E-state index contributed by atoms with van der Waals surface area (Å²) in [6.45, 7) is 0. The first-order chi connectivity index (χ1) is 11.1. The molecule has 1 fully saturated rings. The molecule has 1 aliphatic rings. The summed E-state index contributed by atoms with van der Waals surface area (Å²) in [5.41, 5.74) is 5.83. The van der Waals surface area contributed by atoms with Gasteiger partial charge < -0.3 is 0 Å². The molecule has 26 heavy (non-hydrogen) atoms. The van der Waals surface area contributed by atoms with Crippen molar-refractivity contribution in [3.8, 4) is 0 Å². The van der Waals surface area contributed by atoms with Crippen molar-refractivity contribution in [2.75, 3.05) is 0 Å². The molecular weight excluding hydrogens is 400 g/mol. The summed E-state index contributed by atoms with van der Waals surface area (Å²) in [4.78, 5) is 21.2. The Kier molecular flexibility index (Phi) is 4.27. The molecule has 0 amide bonds. The summed E-state index contributed by atoms with van der Waals surface area (Å²) in [6, 6.07) is -25.6. The Morgan fingerprint density at radius 3 is 0.846 bits per heavy atom. The number of hydrogen-bond donors (Lipinski definition) is 4. The van der Waals surface area contributed by atoms with Crippen LogP contribution in [0.25, 0.3) is 0 Å². The molecule has 1 aliphatic heterocycles. The van der Waals surface area contributed by atoms with Crippen LogP contribution in [0.5, 0.6) is 0 Å². The lowest BCUT2D eigenvalue weighted by Crippen LogP contribution is -2.93. The van der Waals surface area contributed by atoms with Gasteiger partial charge >= 0.3 is 24.2 Å². The third kappa shape index (κ3) is 2.15. The zero-order chi connectivity index (χ0) is 21.3. The summed E-state index contributed by atoms with van der Waals surface area (Å²) in [5.74, 6) is 0. The summed E-state index contributed by atoms with van der Waals surface area (Å²) in [7, 11) is 0. The van der Waals surface area contributed by atoms with E-state index < -0.39 is 55.6 Å². The van der Waals surface area contributed by atoms with Crippen molar-refractivity contribution in [2.24, 2.45) is 22.9 Å². The van der Waals surface area contributed by atoms with E-state index in [1.165, 1.54) is 0 Å². The molecule has 1 rings (SSSR count). The van der Waals surface area contributed by atoms with Crippen molar-refractivity contribution in [1.82, 2.24) is 10.0 Å². The van der Waals surface area contributed by atoms with Gasteiger partial charge in [0.1, 0.15) is 0 Å². The Morgan fingerprint density at radius 2 is 0.731 bits per heavy atom. The monoisotopic (exact) mass is 408 g/mol. The van der Waals surface area contributed by atoms with Crippen LogP contribution in [0, 0.1) is 20.2 Å². The van der Waals surface area contributed by atoms with Gasteiger partial charge in [0.05, 0.1) is 0 Å². The van der Waals surface area contributed by atoms with Crippen molar-refractivity contribution in [3.63, 3.8) is 0 Å². The maximum absolute atomic E-state index is 14.0. The van der Waals surface area contributed by atoms with Crippen LogP contribution < -0.4 is 22.9 Å². The van der Waals surface area contributed by atoms with Crippen LogP contribution in [0.3, 0.4) is 0 Å². The quantitative estimate of drug-likeness (QED) is 0.138. The Morgan fingerprint density at radius 1 is 0.577 bits per heavy atom. The number of halogens is 8. The average molecular weight is 408 g/mol. The molecule has 0 aromatic carbocycles. The van der Waals surface area contributed by atoms with Crippen LogP contribution in [0.4, 0.5) is 35.1 Å². The smallest absolute Gasteiger partial charge is 0.299 e. The molecular formula is C6H8F8N8O4. The summed E-state index contributed by atoms with van der Waals surface area (Å²) in [5, 5.41) is 9.89. The number of nitrogens with zero attached hydrogens (tertiary/aromatic N) is 4. The minimum Gasteiger partial charge on any atom is -0.299 e. The highest BCUT2D eigenvalue weighted by atomic mass is 19.3. The van der Waals surface area contributed by atoms with Crippen LogP contribution in [-0.2, 0) is 0 Å². The predicted molar refractivity (Wildman–Crippen MR) is 59.7 cm³/mol. The number of alkyl halides is 8. The van der Waals surface area contributed by atoms with Gasteiger partial charge in [0.15, 0.2) is 10.1 Å². The lowest BCUT2D eigenvalue weighted by atomic mass is 9.97. The maximum Gasteiger partial charge on any atom is 0.419 e. The Bertz CT molecular complexity index is 550. The van der Waals surface area contributed by atoms with Gasteiger partial charge in [-0.25, -0.2) is 20.2 Å². The molecule has 0 saturated carbocycles. The third-order valence-electron chi connectivity index (χ3n) is 3.38. The Hall–Kier alpha value is -2.32. The minimum atomic E-state index is -6.40. The van der Waals surface area contributed by atoms with Gasteiger partial charge in [0, 0.05) is 10.0 Å². The van der Waals surface area contributed by atoms with Crippen molar-refractivity contribution >= 4 is 0 Å². The SMILES string of the molecule is NC1(N)C(F)(F)N([N+](=O)[O-])C(F)(F)C(N)(N)C(F)(F)N([N+](=O)[O-])C1(F)F. The molecule has 1 heterocycles. The zero-order valence-corrected chi connectivity index (χ0v) is 11.8. The highest BCUT2D eigenvalue weighted by Gasteiger charge is 2.90. The number of rotatable bonds is 2. The highest BCUT2D eigenvalue weighted by molar-refractivity contribution is 5.11.